The standard InChI is InChI=1S/C19H22N2O4/c1-21(2)16-8-5-7-15(11-16)19(23)25-13-18(22)20-12-14-6-4-9-17(10-14)24-3/h4-11H,12-13H2,1-3H3,(H,20,22). The van der Waals surface area contributed by atoms with E-state index in [9.17, 15) is 9.59 Å². The van der Waals surface area contributed by atoms with Gasteiger partial charge in [0.15, 0.2) is 6.61 Å². The Balaban J connectivity index is 1.83. The molecule has 6 heteroatoms. The highest BCUT2D eigenvalue weighted by atomic mass is 16.5. The van der Waals surface area contributed by atoms with Crippen LogP contribution in [-0.2, 0) is 16.1 Å². The van der Waals surface area contributed by atoms with Gasteiger partial charge in [-0.15, -0.1) is 0 Å². The highest BCUT2D eigenvalue weighted by Crippen LogP contribution is 2.14. The first kappa shape index (κ1) is 18.3. The number of ether oxygens (including phenoxy) is 2. The number of benzene rings is 2. The van der Waals surface area contributed by atoms with Crippen molar-refractivity contribution in [1.29, 1.82) is 0 Å². The molecule has 25 heavy (non-hydrogen) atoms. The van der Waals surface area contributed by atoms with Crippen molar-refractivity contribution < 1.29 is 19.1 Å². The first-order valence-corrected chi connectivity index (χ1v) is 7.83. The molecular weight excluding hydrogens is 320 g/mol. The number of hydrogen-bond acceptors (Lipinski definition) is 5. The topological polar surface area (TPSA) is 67.9 Å². The molecule has 2 aromatic carbocycles. The maximum Gasteiger partial charge on any atom is 0.338 e. The molecule has 132 valence electrons. The molecule has 2 rings (SSSR count). The van der Waals surface area contributed by atoms with Gasteiger partial charge in [0, 0.05) is 26.3 Å². The van der Waals surface area contributed by atoms with E-state index in [2.05, 4.69) is 5.32 Å². The van der Waals surface area contributed by atoms with E-state index in [1.807, 2.05) is 49.3 Å². The lowest BCUT2D eigenvalue weighted by Gasteiger charge is -2.13. The van der Waals surface area contributed by atoms with Gasteiger partial charge in [0.25, 0.3) is 5.91 Å². The Bertz CT molecular complexity index is 744. The van der Waals surface area contributed by atoms with Crippen LogP contribution in [0.3, 0.4) is 0 Å². The molecule has 0 heterocycles. The van der Waals surface area contributed by atoms with E-state index < -0.39 is 5.97 Å². The second-order valence-electron chi connectivity index (χ2n) is 5.65. The van der Waals surface area contributed by atoms with Gasteiger partial charge >= 0.3 is 5.97 Å². The number of carbonyl (C=O) groups excluding carboxylic acids is 2. The van der Waals surface area contributed by atoms with E-state index in [-0.39, 0.29) is 12.5 Å². The Kier molecular flexibility index (Phi) is 6.39. The van der Waals surface area contributed by atoms with E-state index >= 15 is 0 Å². The van der Waals surface area contributed by atoms with Gasteiger partial charge in [-0.25, -0.2) is 4.79 Å². The quantitative estimate of drug-likeness (QED) is 0.782. The smallest absolute Gasteiger partial charge is 0.338 e. The number of nitrogens with zero attached hydrogens (tertiary/aromatic N) is 1. The third-order valence-electron chi connectivity index (χ3n) is 3.56. The summed E-state index contributed by atoms with van der Waals surface area (Å²) >= 11 is 0. The number of methoxy groups -OCH3 is 1. The van der Waals surface area contributed by atoms with E-state index in [1.54, 1.807) is 25.3 Å². The second kappa shape index (κ2) is 8.73. The molecule has 6 nitrogen and oxygen atoms in total. The number of hydrogen-bond donors (Lipinski definition) is 1. The van der Waals surface area contributed by atoms with Crippen LogP contribution < -0.4 is 15.0 Å². The number of anilines is 1. The fraction of sp³-hybridized carbons (Fsp3) is 0.263. The number of esters is 1. The van der Waals surface area contributed by atoms with Crippen LogP contribution >= 0.6 is 0 Å². The molecule has 0 aromatic heterocycles. The third kappa shape index (κ3) is 5.53. The highest BCUT2D eigenvalue weighted by Gasteiger charge is 2.11. The molecule has 0 fully saturated rings. The summed E-state index contributed by atoms with van der Waals surface area (Å²) in [5, 5.41) is 2.71. The van der Waals surface area contributed by atoms with Crippen molar-refractivity contribution in [2.75, 3.05) is 32.7 Å². The Morgan fingerprint density at radius 2 is 1.84 bits per heavy atom. The van der Waals surface area contributed by atoms with Crippen LogP contribution in [0.1, 0.15) is 15.9 Å². The number of amides is 1. The molecule has 0 spiro atoms. The number of nitrogens with one attached hydrogen (secondary N) is 1. The van der Waals surface area contributed by atoms with Crippen LogP contribution in [0, 0.1) is 0 Å². The maximum atomic E-state index is 12.0. The van der Waals surface area contributed by atoms with Crippen molar-refractivity contribution in [3.8, 4) is 5.75 Å². The Morgan fingerprint density at radius 1 is 1.08 bits per heavy atom. The van der Waals surface area contributed by atoms with Crippen LogP contribution in [0.5, 0.6) is 5.75 Å². The molecule has 2 aromatic rings. The van der Waals surface area contributed by atoms with Crippen LogP contribution in [-0.4, -0.2) is 39.7 Å². The largest absolute Gasteiger partial charge is 0.497 e. The number of carbonyl (C=O) groups is 2. The first-order valence-electron chi connectivity index (χ1n) is 7.83. The van der Waals surface area contributed by atoms with Crippen molar-refractivity contribution in [3.63, 3.8) is 0 Å². The van der Waals surface area contributed by atoms with E-state index in [4.69, 9.17) is 9.47 Å². The lowest BCUT2D eigenvalue weighted by Crippen LogP contribution is -2.28. The zero-order valence-corrected chi connectivity index (χ0v) is 14.6. The molecular formula is C19H22N2O4. The molecule has 1 N–H and O–H groups in total. The van der Waals surface area contributed by atoms with Crippen molar-refractivity contribution >= 4 is 17.6 Å². The summed E-state index contributed by atoms with van der Waals surface area (Å²) in [6, 6.07) is 14.4. The maximum absolute atomic E-state index is 12.0. The minimum Gasteiger partial charge on any atom is -0.497 e. The van der Waals surface area contributed by atoms with Gasteiger partial charge in [-0.2, -0.15) is 0 Å². The Morgan fingerprint density at radius 3 is 2.56 bits per heavy atom. The van der Waals surface area contributed by atoms with Gasteiger partial charge in [0.2, 0.25) is 0 Å². The zero-order chi connectivity index (χ0) is 18.2. The molecule has 0 saturated heterocycles. The Labute approximate surface area is 147 Å². The fourth-order valence-corrected chi connectivity index (χ4v) is 2.16. The molecule has 0 aliphatic heterocycles. The summed E-state index contributed by atoms with van der Waals surface area (Å²) in [5.41, 5.74) is 2.20. The normalized spacial score (nSPS) is 10.0. The molecule has 1 amide bonds. The summed E-state index contributed by atoms with van der Waals surface area (Å²) in [5.74, 6) is -0.167. The predicted octanol–water partition coefficient (Wildman–Crippen LogP) is 2.23. The van der Waals surface area contributed by atoms with Crippen molar-refractivity contribution in [2.24, 2.45) is 0 Å². The molecule has 0 radical (unpaired) electrons. The van der Waals surface area contributed by atoms with Crippen molar-refractivity contribution in [2.45, 2.75) is 6.54 Å². The molecule has 0 atom stereocenters. The van der Waals surface area contributed by atoms with Gasteiger partial charge in [-0.3, -0.25) is 4.79 Å². The van der Waals surface area contributed by atoms with Gasteiger partial charge in [0.05, 0.1) is 12.7 Å². The summed E-state index contributed by atoms with van der Waals surface area (Å²) < 4.78 is 10.2. The van der Waals surface area contributed by atoms with Gasteiger partial charge in [0.1, 0.15) is 5.75 Å². The van der Waals surface area contributed by atoms with Crippen LogP contribution in [0.2, 0.25) is 0 Å². The fourth-order valence-electron chi connectivity index (χ4n) is 2.16. The molecule has 0 bridgehead atoms. The van der Waals surface area contributed by atoms with Crippen LogP contribution in [0.4, 0.5) is 5.69 Å². The van der Waals surface area contributed by atoms with Crippen molar-refractivity contribution in [1.82, 2.24) is 5.32 Å². The molecule has 0 unspecified atom stereocenters. The SMILES string of the molecule is COc1cccc(CNC(=O)COC(=O)c2cccc(N(C)C)c2)c1. The van der Waals surface area contributed by atoms with Gasteiger partial charge < -0.3 is 19.7 Å². The van der Waals surface area contributed by atoms with Crippen LogP contribution in [0.15, 0.2) is 48.5 Å². The average molecular weight is 342 g/mol. The molecule has 0 aliphatic rings. The second-order valence-corrected chi connectivity index (χ2v) is 5.65. The summed E-state index contributed by atoms with van der Waals surface area (Å²) in [6.07, 6.45) is 0. The minimum atomic E-state index is -0.528. The van der Waals surface area contributed by atoms with Gasteiger partial charge in [-0.1, -0.05) is 18.2 Å². The lowest BCUT2D eigenvalue weighted by atomic mass is 10.2. The number of rotatable bonds is 7. The Hall–Kier alpha value is -3.02. The van der Waals surface area contributed by atoms with E-state index in [0.29, 0.717) is 12.1 Å². The average Bonchev–Trinajstić information content (AvgIpc) is 2.64. The van der Waals surface area contributed by atoms with E-state index in [0.717, 1.165) is 17.0 Å². The molecule has 0 saturated carbocycles. The summed E-state index contributed by atoms with van der Waals surface area (Å²) in [6.45, 7) is 0.0126. The third-order valence-corrected chi connectivity index (χ3v) is 3.56. The van der Waals surface area contributed by atoms with E-state index in [1.165, 1.54) is 0 Å². The summed E-state index contributed by atoms with van der Waals surface area (Å²) in [7, 11) is 5.36. The monoisotopic (exact) mass is 342 g/mol. The zero-order valence-electron chi connectivity index (χ0n) is 14.6. The first-order chi connectivity index (χ1) is 12.0. The van der Waals surface area contributed by atoms with Crippen LogP contribution in [0.25, 0.3) is 0 Å². The van der Waals surface area contributed by atoms with Crippen molar-refractivity contribution in [3.05, 3.63) is 59.7 Å². The molecule has 0 aliphatic carbocycles. The predicted molar refractivity (Wildman–Crippen MR) is 95.9 cm³/mol. The van der Waals surface area contributed by atoms with Gasteiger partial charge in [-0.05, 0) is 35.9 Å². The minimum absolute atomic E-state index is 0.324. The summed E-state index contributed by atoms with van der Waals surface area (Å²) in [4.78, 5) is 25.8. The highest BCUT2D eigenvalue weighted by molar-refractivity contribution is 5.92. The lowest BCUT2D eigenvalue weighted by molar-refractivity contribution is -0.124.